The maximum Gasteiger partial charge on any atom is 0.243 e. The Morgan fingerprint density at radius 2 is 1.52 bits per heavy atom. The topological polar surface area (TPSA) is 66.9 Å². The number of benzene rings is 2. The second-order valence-corrected chi connectivity index (χ2v) is 10.0. The Kier molecular flexibility index (Phi) is 7.38. The van der Waals surface area contributed by atoms with Crippen LogP contribution in [0.25, 0.3) is 0 Å². The van der Waals surface area contributed by atoms with Crippen LogP contribution in [0.1, 0.15) is 35.1 Å². The molecule has 1 saturated heterocycles. The van der Waals surface area contributed by atoms with Gasteiger partial charge < -0.3 is 9.64 Å². The van der Waals surface area contributed by atoms with Gasteiger partial charge in [0.2, 0.25) is 15.9 Å². The van der Waals surface area contributed by atoms with Crippen molar-refractivity contribution in [1.29, 1.82) is 0 Å². The Morgan fingerprint density at radius 3 is 2.10 bits per heavy atom. The molecule has 1 aliphatic heterocycles. The number of carbonyl (C=O) groups excluding carboxylic acids is 1. The average Bonchev–Trinajstić information content (AvgIpc) is 2.76. The number of hydrogen-bond donors (Lipinski definition) is 0. The first-order chi connectivity index (χ1) is 14.7. The summed E-state index contributed by atoms with van der Waals surface area (Å²) in [6, 6.07) is 11.6. The largest absolute Gasteiger partial charge is 0.494 e. The van der Waals surface area contributed by atoms with Crippen LogP contribution in [-0.2, 0) is 14.8 Å². The van der Waals surface area contributed by atoms with E-state index in [-0.39, 0.29) is 5.91 Å². The third kappa shape index (κ3) is 5.28. The number of piperazine rings is 1. The molecule has 0 aromatic heterocycles. The molecule has 0 aliphatic carbocycles. The third-order valence-corrected chi connectivity index (χ3v) is 8.21. The van der Waals surface area contributed by atoms with Gasteiger partial charge in [0.05, 0.1) is 11.5 Å². The minimum Gasteiger partial charge on any atom is -0.494 e. The quantitative estimate of drug-likeness (QED) is 0.612. The van der Waals surface area contributed by atoms with Gasteiger partial charge in [-0.3, -0.25) is 4.79 Å². The standard InChI is InChI=1S/C24H32N2O4S/c1-18-17-19(2)21(4)24(20(18)3)31(28,29)26-14-12-25(13-15-26)23(27)11-8-16-30-22-9-6-5-7-10-22/h5-7,9-10,17H,8,11-16H2,1-4H3. The predicted molar refractivity (Wildman–Crippen MR) is 122 cm³/mol. The normalized spacial score (nSPS) is 15.2. The van der Waals surface area contributed by atoms with E-state index in [0.717, 1.165) is 28.0 Å². The maximum absolute atomic E-state index is 13.4. The number of sulfonamides is 1. The predicted octanol–water partition coefficient (Wildman–Crippen LogP) is 3.61. The van der Waals surface area contributed by atoms with Crippen molar-refractivity contribution in [3.63, 3.8) is 0 Å². The first-order valence-corrected chi connectivity index (χ1v) is 12.2. The molecular weight excluding hydrogens is 412 g/mol. The molecule has 3 rings (SSSR count). The van der Waals surface area contributed by atoms with Crippen molar-refractivity contribution < 1.29 is 17.9 Å². The Hall–Kier alpha value is -2.38. The van der Waals surface area contributed by atoms with Gasteiger partial charge in [-0.15, -0.1) is 0 Å². The molecule has 0 unspecified atom stereocenters. The van der Waals surface area contributed by atoms with Crippen LogP contribution in [0, 0.1) is 27.7 Å². The van der Waals surface area contributed by atoms with Crippen LogP contribution < -0.4 is 4.74 Å². The minimum absolute atomic E-state index is 0.0486. The van der Waals surface area contributed by atoms with Gasteiger partial charge in [0, 0.05) is 32.6 Å². The van der Waals surface area contributed by atoms with E-state index in [4.69, 9.17) is 4.74 Å². The van der Waals surface area contributed by atoms with Gasteiger partial charge in [0.1, 0.15) is 5.75 Å². The Balaban J connectivity index is 1.55. The van der Waals surface area contributed by atoms with E-state index in [1.54, 1.807) is 4.90 Å². The van der Waals surface area contributed by atoms with Crippen LogP contribution in [0.15, 0.2) is 41.3 Å². The number of nitrogens with zero attached hydrogens (tertiary/aromatic N) is 2. The zero-order valence-corrected chi connectivity index (χ0v) is 19.7. The molecular formula is C24H32N2O4S. The molecule has 168 valence electrons. The number of rotatable bonds is 7. The Bertz CT molecular complexity index is 1000. The SMILES string of the molecule is Cc1cc(C)c(C)c(S(=O)(=O)N2CCN(C(=O)CCCOc3ccccc3)CC2)c1C. The molecule has 0 atom stereocenters. The molecule has 2 aromatic rings. The van der Waals surface area contributed by atoms with E-state index >= 15 is 0 Å². The van der Waals surface area contributed by atoms with Gasteiger partial charge in [0.25, 0.3) is 0 Å². The van der Waals surface area contributed by atoms with E-state index in [9.17, 15) is 13.2 Å². The highest BCUT2D eigenvalue weighted by molar-refractivity contribution is 7.89. The Labute approximate surface area is 185 Å². The average molecular weight is 445 g/mol. The molecule has 1 amide bonds. The lowest BCUT2D eigenvalue weighted by Gasteiger charge is -2.35. The van der Waals surface area contributed by atoms with Crippen LogP contribution in [0.4, 0.5) is 0 Å². The van der Waals surface area contributed by atoms with E-state index in [2.05, 4.69) is 0 Å². The molecule has 0 bridgehead atoms. The monoisotopic (exact) mass is 444 g/mol. The smallest absolute Gasteiger partial charge is 0.243 e. The minimum atomic E-state index is -3.59. The highest BCUT2D eigenvalue weighted by Crippen LogP contribution is 2.29. The van der Waals surface area contributed by atoms with E-state index in [1.165, 1.54) is 4.31 Å². The lowest BCUT2D eigenvalue weighted by molar-refractivity contribution is -0.132. The van der Waals surface area contributed by atoms with Crippen LogP contribution in [0.2, 0.25) is 0 Å². The first-order valence-electron chi connectivity index (χ1n) is 10.7. The fraction of sp³-hybridized carbons (Fsp3) is 0.458. The summed E-state index contributed by atoms with van der Waals surface area (Å²) < 4.78 is 33.9. The van der Waals surface area contributed by atoms with E-state index in [0.29, 0.717) is 50.5 Å². The van der Waals surface area contributed by atoms with Gasteiger partial charge in [-0.25, -0.2) is 8.42 Å². The molecule has 2 aromatic carbocycles. The molecule has 1 heterocycles. The van der Waals surface area contributed by atoms with Crippen molar-refractivity contribution in [2.75, 3.05) is 32.8 Å². The lowest BCUT2D eigenvalue weighted by Crippen LogP contribution is -2.50. The lowest BCUT2D eigenvalue weighted by atomic mass is 10.0. The van der Waals surface area contributed by atoms with Crippen LogP contribution >= 0.6 is 0 Å². The second kappa shape index (κ2) is 9.83. The van der Waals surface area contributed by atoms with Gasteiger partial charge in [-0.2, -0.15) is 4.31 Å². The van der Waals surface area contributed by atoms with Crippen LogP contribution in [-0.4, -0.2) is 56.3 Å². The van der Waals surface area contributed by atoms with Crippen molar-refractivity contribution >= 4 is 15.9 Å². The number of para-hydroxylation sites is 1. The molecule has 0 radical (unpaired) electrons. The molecule has 0 saturated carbocycles. The van der Waals surface area contributed by atoms with Gasteiger partial charge in [-0.1, -0.05) is 24.3 Å². The summed E-state index contributed by atoms with van der Waals surface area (Å²) in [5.41, 5.74) is 3.57. The molecule has 0 spiro atoms. The van der Waals surface area contributed by atoms with Crippen LogP contribution in [0.5, 0.6) is 5.75 Å². The summed E-state index contributed by atoms with van der Waals surface area (Å²) >= 11 is 0. The summed E-state index contributed by atoms with van der Waals surface area (Å²) in [6.07, 6.45) is 1.03. The number of ether oxygens (including phenoxy) is 1. The Morgan fingerprint density at radius 1 is 0.935 bits per heavy atom. The van der Waals surface area contributed by atoms with Crippen LogP contribution in [0.3, 0.4) is 0 Å². The van der Waals surface area contributed by atoms with E-state index in [1.807, 2.05) is 64.1 Å². The summed E-state index contributed by atoms with van der Waals surface area (Å²) in [4.78, 5) is 14.7. The van der Waals surface area contributed by atoms with E-state index < -0.39 is 10.0 Å². The van der Waals surface area contributed by atoms with Crippen molar-refractivity contribution in [3.8, 4) is 5.75 Å². The second-order valence-electron chi connectivity index (χ2n) is 8.14. The molecule has 31 heavy (non-hydrogen) atoms. The number of aryl methyl sites for hydroxylation is 2. The summed E-state index contributed by atoms with van der Waals surface area (Å²) in [7, 11) is -3.59. The third-order valence-electron chi connectivity index (χ3n) is 6.03. The number of carbonyl (C=O) groups is 1. The van der Waals surface area contributed by atoms with Crippen molar-refractivity contribution in [2.45, 2.75) is 45.4 Å². The highest BCUT2D eigenvalue weighted by Gasteiger charge is 2.32. The fourth-order valence-corrected chi connectivity index (χ4v) is 5.96. The molecule has 6 nitrogen and oxygen atoms in total. The number of hydrogen-bond acceptors (Lipinski definition) is 4. The summed E-state index contributed by atoms with van der Waals surface area (Å²) in [5.74, 6) is 0.846. The maximum atomic E-state index is 13.4. The highest BCUT2D eigenvalue weighted by atomic mass is 32.2. The van der Waals surface area contributed by atoms with Gasteiger partial charge >= 0.3 is 0 Å². The van der Waals surface area contributed by atoms with Crippen molar-refractivity contribution in [3.05, 3.63) is 58.7 Å². The molecule has 7 heteroatoms. The van der Waals surface area contributed by atoms with Gasteiger partial charge in [-0.05, 0) is 68.5 Å². The van der Waals surface area contributed by atoms with Crippen molar-refractivity contribution in [2.24, 2.45) is 0 Å². The molecule has 1 fully saturated rings. The molecule has 0 N–H and O–H groups in total. The van der Waals surface area contributed by atoms with Gasteiger partial charge in [0.15, 0.2) is 0 Å². The first kappa shape index (κ1) is 23.3. The van der Waals surface area contributed by atoms with Crippen molar-refractivity contribution in [1.82, 2.24) is 9.21 Å². The zero-order chi connectivity index (χ0) is 22.6. The number of amides is 1. The summed E-state index contributed by atoms with van der Waals surface area (Å²) in [6.45, 7) is 9.58. The summed E-state index contributed by atoms with van der Waals surface area (Å²) in [5, 5.41) is 0. The zero-order valence-electron chi connectivity index (χ0n) is 18.8. The molecule has 1 aliphatic rings. The fourth-order valence-electron chi connectivity index (χ4n) is 3.96.